The van der Waals surface area contributed by atoms with E-state index in [-0.39, 0.29) is 18.4 Å². The lowest BCUT2D eigenvalue weighted by Gasteiger charge is -2.29. The van der Waals surface area contributed by atoms with E-state index in [2.05, 4.69) is 34.6 Å². The summed E-state index contributed by atoms with van der Waals surface area (Å²) in [6.07, 6.45) is 0.853. The standard InChI is InChI=1S/C25H32N6O3/c1-17(2)14-15-26-25(33)19(4)31(21-8-6-7-9-22(21)34-5)23(32)16-30-28-24(27-29-30)20-12-10-18(3)11-13-20/h6-13,17,19H,14-16H2,1-5H3,(H,26,33)/t19-/m0/s1. The van der Waals surface area contributed by atoms with E-state index in [0.29, 0.717) is 29.7 Å². The van der Waals surface area contributed by atoms with Gasteiger partial charge in [-0.15, -0.1) is 10.2 Å². The van der Waals surface area contributed by atoms with Crippen molar-refractivity contribution >= 4 is 17.5 Å². The van der Waals surface area contributed by atoms with E-state index in [4.69, 9.17) is 4.74 Å². The Morgan fingerprint density at radius 2 is 1.79 bits per heavy atom. The smallest absolute Gasteiger partial charge is 0.251 e. The second-order valence-corrected chi connectivity index (χ2v) is 8.59. The van der Waals surface area contributed by atoms with Crippen molar-refractivity contribution in [2.75, 3.05) is 18.6 Å². The van der Waals surface area contributed by atoms with Crippen molar-refractivity contribution in [3.63, 3.8) is 0 Å². The molecule has 0 unspecified atom stereocenters. The minimum absolute atomic E-state index is 0.180. The zero-order chi connectivity index (χ0) is 24.7. The Balaban J connectivity index is 1.83. The van der Waals surface area contributed by atoms with Crippen molar-refractivity contribution in [1.29, 1.82) is 0 Å². The van der Waals surface area contributed by atoms with Gasteiger partial charge in [0.25, 0.3) is 5.91 Å². The van der Waals surface area contributed by atoms with E-state index >= 15 is 0 Å². The number of rotatable bonds is 10. The average Bonchev–Trinajstić information content (AvgIpc) is 3.28. The minimum Gasteiger partial charge on any atom is -0.495 e. The minimum atomic E-state index is -0.768. The normalized spacial score (nSPS) is 11.8. The molecule has 1 N–H and O–H groups in total. The van der Waals surface area contributed by atoms with Crippen LogP contribution in [0.4, 0.5) is 5.69 Å². The molecule has 1 atom stereocenters. The second-order valence-electron chi connectivity index (χ2n) is 8.59. The zero-order valence-corrected chi connectivity index (χ0v) is 20.4. The molecule has 0 fully saturated rings. The summed E-state index contributed by atoms with van der Waals surface area (Å²) >= 11 is 0. The lowest BCUT2D eigenvalue weighted by Crippen LogP contribution is -2.49. The predicted molar refractivity (Wildman–Crippen MR) is 130 cm³/mol. The molecule has 0 aliphatic carbocycles. The SMILES string of the molecule is COc1ccccc1N(C(=O)Cn1nnc(-c2ccc(C)cc2)n1)[C@@H](C)C(=O)NCCC(C)C. The Bertz CT molecular complexity index is 1110. The Labute approximate surface area is 200 Å². The summed E-state index contributed by atoms with van der Waals surface area (Å²) in [6.45, 7) is 8.24. The van der Waals surface area contributed by atoms with Gasteiger partial charge in [0.1, 0.15) is 18.3 Å². The van der Waals surface area contributed by atoms with Gasteiger partial charge in [0.2, 0.25) is 11.7 Å². The number of carbonyl (C=O) groups is 2. The fraction of sp³-hybridized carbons (Fsp3) is 0.400. The van der Waals surface area contributed by atoms with Gasteiger partial charge in [-0.05, 0) is 43.5 Å². The van der Waals surface area contributed by atoms with Crippen molar-refractivity contribution in [1.82, 2.24) is 25.5 Å². The highest BCUT2D eigenvalue weighted by Crippen LogP contribution is 2.29. The van der Waals surface area contributed by atoms with Gasteiger partial charge in [-0.25, -0.2) is 0 Å². The van der Waals surface area contributed by atoms with Crippen molar-refractivity contribution in [2.45, 2.75) is 46.7 Å². The highest BCUT2D eigenvalue weighted by atomic mass is 16.5. The summed E-state index contributed by atoms with van der Waals surface area (Å²) in [5.74, 6) is 0.778. The van der Waals surface area contributed by atoms with Crippen LogP contribution in [0.15, 0.2) is 48.5 Å². The second kappa shape index (κ2) is 11.4. The molecule has 0 saturated heterocycles. The molecule has 0 radical (unpaired) electrons. The van der Waals surface area contributed by atoms with Crippen LogP contribution in [-0.2, 0) is 16.1 Å². The number of ether oxygens (including phenoxy) is 1. The first-order valence-corrected chi connectivity index (χ1v) is 11.4. The predicted octanol–water partition coefficient (Wildman–Crippen LogP) is 3.24. The Morgan fingerprint density at radius 3 is 2.47 bits per heavy atom. The van der Waals surface area contributed by atoms with Crippen LogP contribution in [-0.4, -0.2) is 51.7 Å². The number of nitrogens with zero attached hydrogens (tertiary/aromatic N) is 5. The lowest BCUT2D eigenvalue weighted by molar-refractivity contribution is -0.126. The quantitative estimate of drug-likeness (QED) is 0.494. The van der Waals surface area contributed by atoms with Gasteiger partial charge in [-0.2, -0.15) is 4.80 Å². The molecule has 34 heavy (non-hydrogen) atoms. The molecular weight excluding hydrogens is 432 g/mol. The van der Waals surface area contributed by atoms with Gasteiger partial charge >= 0.3 is 0 Å². The topological polar surface area (TPSA) is 102 Å². The van der Waals surface area contributed by atoms with E-state index in [9.17, 15) is 9.59 Å². The van der Waals surface area contributed by atoms with Crippen LogP contribution >= 0.6 is 0 Å². The fourth-order valence-corrected chi connectivity index (χ4v) is 3.46. The molecule has 0 aliphatic rings. The summed E-state index contributed by atoms with van der Waals surface area (Å²) < 4.78 is 5.46. The maximum absolute atomic E-state index is 13.5. The van der Waals surface area contributed by atoms with Crippen molar-refractivity contribution in [3.05, 3.63) is 54.1 Å². The first kappa shape index (κ1) is 24.9. The number of nitrogens with one attached hydrogen (secondary N) is 1. The Kier molecular flexibility index (Phi) is 8.34. The van der Waals surface area contributed by atoms with Gasteiger partial charge in [0.05, 0.1) is 12.8 Å². The molecule has 9 nitrogen and oxygen atoms in total. The number of aromatic nitrogens is 4. The first-order chi connectivity index (χ1) is 16.3. The molecule has 0 spiro atoms. The first-order valence-electron chi connectivity index (χ1n) is 11.4. The van der Waals surface area contributed by atoms with Crippen LogP contribution in [0.25, 0.3) is 11.4 Å². The van der Waals surface area contributed by atoms with E-state index in [1.807, 2.05) is 37.3 Å². The number of benzene rings is 2. The number of methoxy groups -OCH3 is 1. The summed E-state index contributed by atoms with van der Waals surface area (Å²) in [4.78, 5) is 29.0. The lowest BCUT2D eigenvalue weighted by atomic mass is 10.1. The maximum Gasteiger partial charge on any atom is 0.251 e. The number of aryl methyl sites for hydroxylation is 1. The van der Waals surface area contributed by atoms with Gasteiger partial charge in [-0.1, -0.05) is 55.8 Å². The highest BCUT2D eigenvalue weighted by molar-refractivity contribution is 6.01. The molecule has 9 heteroatoms. The summed E-state index contributed by atoms with van der Waals surface area (Å²) in [5, 5.41) is 15.4. The van der Waals surface area contributed by atoms with E-state index in [1.165, 1.54) is 16.8 Å². The van der Waals surface area contributed by atoms with Crippen LogP contribution in [0.1, 0.15) is 32.8 Å². The van der Waals surface area contributed by atoms with Gasteiger partial charge in [0, 0.05) is 12.1 Å². The molecule has 1 aromatic heterocycles. The van der Waals surface area contributed by atoms with Crippen molar-refractivity contribution < 1.29 is 14.3 Å². The van der Waals surface area contributed by atoms with Crippen LogP contribution < -0.4 is 15.0 Å². The highest BCUT2D eigenvalue weighted by Gasteiger charge is 2.30. The summed E-state index contributed by atoms with van der Waals surface area (Å²) in [6, 6.07) is 14.1. The molecule has 0 aliphatic heterocycles. The van der Waals surface area contributed by atoms with E-state index in [0.717, 1.165) is 17.5 Å². The molecule has 180 valence electrons. The summed E-state index contributed by atoms with van der Waals surface area (Å²) in [5.41, 5.74) is 2.43. The third-order valence-electron chi connectivity index (χ3n) is 5.44. The van der Waals surface area contributed by atoms with Crippen LogP contribution in [0.3, 0.4) is 0 Å². The summed E-state index contributed by atoms with van der Waals surface area (Å²) in [7, 11) is 1.53. The van der Waals surface area contributed by atoms with E-state index < -0.39 is 6.04 Å². The van der Waals surface area contributed by atoms with Crippen LogP contribution in [0, 0.1) is 12.8 Å². The van der Waals surface area contributed by atoms with E-state index in [1.54, 1.807) is 25.1 Å². The third kappa shape index (κ3) is 6.18. The fourth-order valence-electron chi connectivity index (χ4n) is 3.46. The number of para-hydroxylation sites is 2. The molecule has 3 aromatic rings. The largest absolute Gasteiger partial charge is 0.495 e. The molecule has 1 heterocycles. The molecule has 0 saturated carbocycles. The molecule has 2 aromatic carbocycles. The number of anilines is 1. The molecule has 0 bridgehead atoms. The third-order valence-corrected chi connectivity index (χ3v) is 5.44. The van der Waals surface area contributed by atoms with Crippen molar-refractivity contribution in [3.8, 4) is 17.1 Å². The Hall–Kier alpha value is -3.75. The number of carbonyl (C=O) groups excluding carboxylic acids is 2. The number of hydrogen-bond acceptors (Lipinski definition) is 6. The van der Waals surface area contributed by atoms with Gasteiger partial charge in [0.15, 0.2) is 0 Å². The molecular formula is C25H32N6O3. The average molecular weight is 465 g/mol. The van der Waals surface area contributed by atoms with Gasteiger partial charge in [-0.3, -0.25) is 14.5 Å². The Morgan fingerprint density at radius 1 is 1.09 bits per heavy atom. The maximum atomic E-state index is 13.5. The molecule has 2 amide bonds. The van der Waals surface area contributed by atoms with Gasteiger partial charge < -0.3 is 10.1 Å². The van der Waals surface area contributed by atoms with Crippen molar-refractivity contribution in [2.24, 2.45) is 5.92 Å². The monoisotopic (exact) mass is 464 g/mol. The number of tetrazole rings is 1. The number of hydrogen-bond donors (Lipinski definition) is 1. The van der Waals surface area contributed by atoms with Crippen LogP contribution in [0.2, 0.25) is 0 Å². The zero-order valence-electron chi connectivity index (χ0n) is 20.4. The number of amides is 2. The molecule has 3 rings (SSSR count). The van der Waals surface area contributed by atoms with Crippen LogP contribution in [0.5, 0.6) is 5.75 Å².